The van der Waals surface area contributed by atoms with E-state index in [-0.39, 0.29) is 16.7 Å². The molecule has 5 nitrogen and oxygen atoms in total. The fourth-order valence-corrected chi connectivity index (χ4v) is 3.10. The number of rotatable bonds is 4. The van der Waals surface area contributed by atoms with Crippen LogP contribution in [0.25, 0.3) is 0 Å². The maximum atomic E-state index is 12.1. The molecule has 18 heavy (non-hydrogen) atoms. The second kappa shape index (κ2) is 5.17. The molecule has 1 aliphatic rings. The zero-order chi connectivity index (χ0) is 13.2. The summed E-state index contributed by atoms with van der Waals surface area (Å²) in [6.45, 7) is 2.37. The van der Waals surface area contributed by atoms with Crippen molar-refractivity contribution in [2.24, 2.45) is 0 Å². The monoisotopic (exact) mass is 269 g/mol. The topological polar surface area (TPSA) is 72.5 Å². The molecular formula is C12H15NO4S. The van der Waals surface area contributed by atoms with E-state index in [0.717, 1.165) is 0 Å². The Kier molecular flexibility index (Phi) is 3.79. The summed E-state index contributed by atoms with van der Waals surface area (Å²) in [6.07, 6.45) is 0.672. The molecule has 1 aliphatic heterocycles. The van der Waals surface area contributed by atoms with Crippen molar-refractivity contribution in [1.82, 2.24) is 4.72 Å². The molecule has 0 spiro atoms. The minimum absolute atomic E-state index is 0.113. The summed E-state index contributed by atoms with van der Waals surface area (Å²) in [6, 6.07) is 5.85. The SMILES string of the molecule is CC(=O)c1cccc(S(=O)(=O)NC2CCOC2)c1. The van der Waals surface area contributed by atoms with Crippen LogP contribution in [0.4, 0.5) is 0 Å². The average Bonchev–Trinajstić information content (AvgIpc) is 2.81. The van der Waals surface area contributed by atoms with Crippen LogP contribution in [-0.4, -0.2) is 33.5 Å². The normalized spacial score (nSPS) is 19.9. The zero-order valence-corrected chi connectivity index (χ0v) is 10.9. The van der Waals surface area contributed by atoms with E-state index in [2.05, 4.69) is 4.72 Å². The minimum Gasteiger partial charge on any atom is -0.380 e. The van der Waals surface area contributed by atoms with Gasteiger partial charge in [0.25, 0.3) is 0 Å². The van der Waals surface area contributed by atoms with E-state index in [1.54, 1.807) is 12.1 Å². The van der Waals surface area contributed by atoms with Crippen molar-refractivity contribution >= 4 is 15.8 Å². The predicted octanol–water partition coefficient (Wildman–Crippen LogP) is 0.956. The Hall–Kier alpha value is -1.24. The van der Waals surface area contributed by atoms with Crippen molar-refractivity contribution in [2.75, 3.05) is 13.2 Å². The van der Waals surface area contributed by atoms with Crippen LogP contribution in [0.3, 0.4) is 0 Å². The van der Waals surface area contributed by atoms with E-state index < -0.39 is 10.0 Å². The molecule has 1 N–H and O–H groups in total. The van der Waals surface area contributed by atoms with Gasteiger partial charge in [-0.3, -0.25) is 4.79 Å². The van der Waals surface area contributed by atoms with Crippen LogP contribution < -0.4 is 4.72 Å². The molecule has 6 heteroatoms. The second-order valence-electron chi connectivity index (χ2n) is 4.27. The first-order valence-corrected chi connectivity index (χ1v) is 7.18. The van der Waals surface area contributed by atoms with Crippen molar-refractivity contribution in [3.63, 3.8) is 0 Å². The van der Waals surface area contributed by atoms with Crippen LogP contribution in [0.5, 0.6) is 0 Å². The highest BCUT2D eigenvalue weighted by atomic mass is 32.2. The average molecular weight is 269 g/mol. The van der Waals surface area contributed by atoms with E-state index in [1.165, 1.54) is 19.1 Å². The molecule has 0 radical (unpaired) electrons. The number of hydrogen-bond acceptors (Lipinski definition) is 4. The van der Waals surface area contributed by atoms with Gasteiger partial charge in [-0.25, -0.2) is 13.1 Å². The van der Waals surface area contributed by atoms with Crippen LogP contribution >= 0.6 is 0 Å². The summed E-state index contributed by atoms with van der Waals surface area (Å²) in [5.41, 5.74) is 0.389. The van der Waals surface area contributed by atoms with Crippen LogP contribution in [0.15, 0.2) is 29.2 Å². The maximum absolute atomic E-state index is 12.1. The van der Waals surface area contributed by atoms with E-state index in [4.69, 9.17) is 4.74 Å². The van der Waals surface area contributed by atoms with E-state index >= 15 is 0 Å². The molecule has 1 heterocycles. The molecule has 0 aromatic heterocycles. The van der Waals surface area contributed by atoms with Gasteiger partial charge in [0, 0.05) is 18.2 Å². The Morgan fingerprint density at radius 3 is 2.83 bits per heavy atom. The number of ether oxygens (including phenoxy) is 1. The second-order valence-corrected chi connectivity index (χ2v) is 5.98. The molecule has 0 saturated carbocycles. The van der Waals surface area contributed by atoms with Gasteiger partial charge in [0.15, 0.2) is 5.78 Å². The highest BCUT2D eigenvalue weighted by Crippen LogP contribution is 2.14. The first-order valence-electron chi connectivity index (χ1n) is 5.70. The van der Waals surface area contributed by atoms with Crippen LogP contribution in [0.2, 0.25) is 0 Å². The molecule has 1 atom stereocenters. The Labute approximate surface area is 106 Å². The molecule has 2 rings (SSSR count). The summed E-state index contributed by atoms with van der Waals surface area (Å²) in [5.74, 6) is -0.156. The molecular weight excluding hydrogens is 254 g/mol. The van der Waals surface area contributed by atoms with Gasteiger partial charge in [0.2, 0.25) is 10.0 Å². The van der Waals surface area contributed by atoms with E-state index in [9.17, 15) is 13.2 Å². The predicted molar refractivity (Wildman–Crippen MR) is 66.0 cm³/mol. The Morgan fingerprint density at radius 1 is 1.44 bits per heavy atom. The van der Waals surface area contributed by atoms with Crippen LogP contribution in [-0.2, 0) is 14.8 Å². The third kappa shape index (κ3) is 2.95. The smallest absolute Gasteiger partial charge is 0.240 e. The largest absolute Gasteiger partial charge is 0.380 e. The molecule has 0 bridgehead atoms. The van der Waals surface area contributed by atoms with Gasteiger partial charge in [-0.2, -0.15) is 0 Å². The lowest BCUT2D eigenvalue weighted by molar-refractivity contribution is 0.101. The summed E-state index contributed by atoms with van der Waals surface area (Å²) >= 11 is 0. The number of nitrogens with one attached hydrogen (secondary N) is 1. The van der Waals surface area contributed by atoms with Crippen LogP contribution in [0.1, 0.15) is 23.7 Å². The van der Waals surface area contributed by atoms with E-state index in [0.29, 0.717) is 25.2 Å². The van der Waals surface area contributed by atoms with Crippen molar-refractivity contribution in [2.45, 2.75) is 24.3 Å². The number of ketones is 1. The van der Waals surface area contributed by atoms with Crippen molar-refractivity contribution in [1.29, 1.82) is 0 Å². The molecule has 1 unspecified atom stereocenters. The third-order valence-corrected chi connectivity index (χ3v) is 4.32. The van der Waals surface area contributed by atoms with Gasteiger partial charge in [-0.15, -0.1) is 0 Å². The summed E-state index contributed by atoms with van der Waals surface area (Å²) < 4.78 is 31.9. The highest BCUT2D eigenvalue weighted by Gasteiger charge is 2.23. The van der Waals surface area contributed by atoms with Crippen molar-refractivity contribution in [3.8, 4) is 0 Å². The van der Waals surface area contributed by atoms with Crippen LogP contribution in [0, 0.1) is 0 Å². The molecule has 98 valence electrons. The number of sulfonamides is 1. The Bertz CT molecular complexity index is 547. The van der Waals surface area contributed by atoms with Gasteiger partial charge in [-0.1, -0.05) is 12.1 Å². The van der Waals surface area contributed by atoms with Gasteiger partial charge >= 0.3 is 0 Å². The molecule has 0 amide bonds. The molecule has 1 aromatic rings. The number of carbonyl (C=O) groups is 1. The number of hydrogen-bond donors (Lipinski definition) is 1. The lowest BCUT2D eigenvalue weighted by atomic mass is 10.2. The quantitative estimate of drug-likeness (QED) is 0.826. The van der Waals surface area contributed by atoms with Gasteiger partial charge < -0.3 is 4.74 Å². The molecule has 0 aliphatic carbocycles. The third-order valence-electron chi connectivity index (χ3n) is 2.80. The van der Waals surface area contributed by atoms with Crippen molar-refractivity contribution < 1.29 is 17.9 Å². The number of benzene rings is 1. The molecule has 1 saturated heterocycles. The van der Waals surface area contributed by atoms with Gasteiger partial charge in [-0.05, 0) is 25.5 Å². The van der Waals surface area contributed by atoms with E-state index in [1.807, 2.05) is 0 Å². The summed E-state index contributed by atoms with van der Waals surface area (Å²) in [5, 5.41) is 0. The lowest BCUT2D eigenvalue weighted by Crippen LogP contribution is -2.35. The van der Waals surface area contributed by atoms with Crippen molar-refractivity contribution in [3.05, 3.63) is 29.8 Å². The number of carbonyl (C=O) groups excluding carboxylic acids is 1. The highest BCUT2D eigenvalue weighted by molar-refractivity contribution is 7.89. The van der Waals surface area contributed by atoms with Gasteiger partial charge in [0.05, 0.1) is 11.5 Å². The lowest BCUT2D eigenvalue weighted by Gasteiger charge is -2.11. The first-order chi connectivity index (χ1) is 8.49. The fourth-order valence-electron chi connectivity index (χ4n) is 1.80. The van der Waals surface area contributed by atoms with Gasteiger partial charge in [0.1, 0.15) is 0 Å². The summed E-state index contributed by atoms with van der Waals surface area (Å²) in [7, 11) is -3.58. The Morgan fingerprint density at radius 2 is 2.22 bits per heavy atom. The zero-order valence-electron chi connectivity index (χ0n) is 10.0. The standard InChI is InChI=1S/C12H15NO4S/c1-9(14)10-3-2-4-12(7-10)18(15,16)13-11-5-6-17-8-11/h2-4,7,11,13H,5-6,8H2,1H3. The summed E-state index contributed by atoms with van der Waals surface area (Å²) in [4.78, 5) is 11.3. The minimum atomic E-state index is -3.58. The fraction of sp³-hybridized carbons (Fsp3) is 0.417. The number of Topliss-reactive ketones (excluding diaryl/α,β-unsaturated/α-hetero) is 1. The first kappa shape index (κ1) is 13.2. The molecule has 1 fully saturated rings. The Balaban J connectivity index is 2.23. The maximum Gasteiger partial charge on any atom is 0.240 e. The molecule has 1 aromatic carbocycles.